The Balaban J connectivity index is 1.61. The number of hydrogen-bond donors (Lipinski definition) is 1. The fourth-order valence-corrected chi connectivity index (χ4v) is 3.08. The third-order valence-corrected chi connectivity index (χ3v) is 4.79. The van der Waals surface area contributed by atoms with E-state index in [-0.39, 0.29) is 16.9 Å². The number of nitrogens with zero attached hydrogens (tertiary/aromatic N) is 3. The summed E-state index contributed by atoms with van der Waals surface area (Å²) in [6.45, 7) is 3.81. The first kappa shape index (κ1) is 17.9. The molecular weight excluding hydrogens is 352 g/mol. The second kappa shape index (κ2) is 8.01. The van der Waals surface area contributed by atoms with Crippen molar-refractivity contribution in [3.63, 3.8) is 0 Å². The van der Waals surface area contributed by atoms with Gasteiger partial charge in [-0.05, 0) is 50.2 Å². The van der Waals surface area contributed by atoms with E-state index in [4.69, 9.17) is 4.42 Å². The van der Waals surface area contributed by atoms with E-state index in [1.807, 2.05) is 16.7 Å². The number of rotatable bonds is 7. The van der Waals surface area contributed by atoms with Crippen LogP contribution in [-0.4, -0.2) is 31.7 Å². The van der Waals surface area contributed by atoms with Crippen molar-refractivity contribution < 1.29 is 14.0 Å². The number of aromatic nitrogens is 3. The minimum absolute atomic E-state index is 0.0114. The first-order valence-corrected chi connectivity index (χ1v) is 8.89. The average Bonchev–Trinajstić information content (AvgIpc) is 3.28. The van der Waals surface area contributed by atoms with Gasteiger partial charge < -0.3 is 14.3 Å². The van der Waals surface area contributed by atoms with Crippen LogP contribution in [0.5, 0.6) is 0 Å². The third kappa shape index (κ3) is 4.40. The monoisotopic (exact) mass is 370 g/mol. The van der Waals surface area contributed by atoms with Gasteiger partial charge in [0.25, 0.3) is 0 Å². The highest BCUT2D eigenvalue weighted by molar-refractivity contribution is 8.00. The number of carbonyl (C=O) groups excluding carboxylic acids is 2. The predicted octanol–water partition coefficient (Wildman–Crippen LogP) is 3.24. The lowest BCUT2D eigenvalue weighted by Crippen LogP contribution is -2.23. The highest BCUT2D eigenvalue weighted by Gasteiger charge is 2.18. The van der Waals surface area contributed by atoms with Gasteiger partial charge >= 0.3 is 0 Å². The molecular formula is C18H18N4O3S. The summed E-state index contributed by atoms with van der Waals surface area (Å²) < 4.78 is 7.16. The number of anilines is 1. The molecule has 7 nitrogen and oxygen atoms in total. The van der Waals surface area contributed by atoms with Crippen molar-refractivity contribution in [1.29, 1.82) is 0 Å². The lowest BCUT2D eigenvalue weighted by atomic mass is 10.1. The van der Waals surface area contributed by atoms with Crippen LogP contribution in [0.1, 0.15) is 30.0 Å². The molecule has 0 saturated heterocycles. The van der Waals surface area contributed by atoms with E-state index < -0.39 is 0 Å². The van der Waals surface area contributed by atoms with Gasteiger partial charge in [-0.15, -0.1) is 10.2 Å². The van der Waals surface area contributed by atoms with Crippen LogP contribution in [0.4, 0.5) is 5.69 Å². The van der Waals surface area contributed by atoms with Crippen molar-refractivity contribution in [3.05, 3.63) is 60.3 Å². The van der Waals surface area contributed by atoms with Crippen LogP contribution in [0.3, 0.4) is 0 Å². The van der Waals surface area contributed by atoms with Crippen LogP contribution in [0, 0.1) is 0 Å². The van der Waals surface area contributed by atoms with Gasteiger partial charge in [0.1, 0.15) is 12.1 Å². The van der Waals surface area contributed by atoms with Crippen LogP contribution in [-0.2, 0) is 11.3 Å². The van der Waals surface area contributed by atoms with Crippen LogP contribution in [0.25, 0.3) is 0 Å². The van der Waals surface area contributed by atoms with Crippen LogP contribution in [0.2, 0.25) is 0 Å². The fraction of sp³-hybridized carbons (Fsp3) is 0.222. The summed E-state index contributed by atoms with van der Waals surface area (Å²) in [5, 5.41) is 11.1. The van der Waals surface area contributed by atoms with Crippen molar-refractivity contribution in [3.8, 4) is 0 Å². The van der Waals surface area contributed by atoms with Crippen molar-refractivity contribution >= 4 is 29.1 Å². The lowest BCUT2D eigenvalue weighted by molar-refractivity contribution is -0.115. The van der Waals surface area contributed by atoms with Gasteiger partial charge in [-0.3, -0.25) is 9.59 Å². The Bertz CT molecular complexity index is 888. The summed E-state index contributed by atoms with van der Waals surface area (Å²) in [5.74, 6) is 0.620. The zero-order valence-electron chi connectivity index (χ0n) is 14.4. The molecule has 8 heteroatoms. The Morgan fingerprint density at radius 2 is 2.04 bits per heavy atom. The second-order valence-corrected chi connectivity index (χ2v) is 7.01. The minimum atomic E-state index is -0.373. The maximum absolute atomic E-state index is 12.4. The highest BCUT2D eigenvalue weighted by atomic mass is 32.2. The normalized spacial score (nSPS) is 11.9. The van der Waals surface area contributed by atoms with E-state index in [9.17, 15) is 9.59 Å². The first-order valence-electron chi connectivity index (χ1n) is 8.01. The number of ketones is 1. The molecule has 2 aromatic heterocycles. The molecule has 0 bridgehead atoms. The third-order valence-electron chi connectivity index (χ3n) is 3.70. The minimum Gasteiger partial charge on any atom is -0.467 e. The topological polar surface area (TPSA) is 90.0 Å². The summed E-state index contributed by atoms with van der Waals surface area (Å²) in [5.41, 5.74) is 1.25. The summed E-state index contributed by atoms with van der Waals surface area (Å²) in [6.07, 6.45) is 3.22. The zero-order valence-corrected chi connectivity index (χ0v) is 15.2. The number of Topliss-reactive ketones (excluding diaryl/α,β-unsaturated/α-hetero) is 1. The van der Waals surface area contributed by atoms with E-state index in [1.165, 1.54) is 18.7 Å². The predicted molar refractivity (Wildman–Crippen MR) is 98.2 cm³/mol. The Kier molecular flexibility index (Phi) is 5.52. The average molecular weight is 370 g/mol. The number of hydrogen-bond acceptors (Lipinski definition) is 6. The van der Waals surface area contributed by atoms with Crippen molar-refractivity contribution in [2.45, 2.75) is 30.8 Å². The fourth-order valence-electron chi connectivity index (χ4n) is 2.26. The summed E-state index contributed by atoms with van der Waals surface area (Å²) >= 11 is 1.32. The molecule has 0 aliphatic rings. The molecule has 1 unspecified atom stereocenters. The van der Waals surface area contributed by atoms with Gasteiger partial charge in [0.15, 0.2) is 10.9 Å². The maximum Gasteiger partial charge on any atom is 0.237 e. The van der Waals surface area contributed by atoms with Crippen LogP contribution in [0.15, 0.2) is 58.6 Å². The van der Waals surface area contributed by atoms with Gasteiger partial charge in [0.2, 0.25) is 5.91 Å². The number of thioether (sulfide) groups is 1. The molecule has 0 spiro atoms. The van der Waals surface area contributed by atoms with E-state index in [1.54, 1.807) is 43.8 Å². The van der Waals surface area contributed by atoms with Gasteiger partial charge in [0, 0.05) is 11.3 Å². The summed E-state index contributed by atoms with van der Waals surface area (Å²) in [7, 11) is 0. The van der Waals surface area contributed by atoms with E-state index in [0.717, 1.165) is 5.76 Å². The Morgan fingerprint density at radius 3 is 2.69 bits per heavy atom. The molecule has 0 saturated carbocycles. The molecule has 1 amide bonds. The van der Waals surface area contributed by atoms with Crippen LogP contribution >= 0.6 is 11.8 Å². The molecule has 1 N–H and O–H groups in total. The Labute approximate surface area is 154 Å². The smallest absolute Gasteiger partial charge is 0.237 e. The molecule has 1 atom stereocenters. The van der Waals surface area contributed by atoms with Crippen molar-refractivity contribution in [1.82, 2.24) is 14.8 Å². The quantitative estimate of drug-likeness (QED) is 0.507. The van der Waals surface area contributed by atoms with E-state index in [2.05, 4.69) is 15.5 Å². The second-order valence-electron chi connectivity index (χ2n) is 5.70. The molecule has 0 aliphatic carbocycles. The number of amides is 1. The van der Waals surface area contributed by atoms with Gasteiger partial charge in [-0.2, -0.15) is 0 Å². The highest BCUT2D eigenvalue weighted by Crippen LogP contribution is 2.23. The standard InChI is InChI=1S/C18H18N4O3S/c1-12(23)14-5-7-15(8-6-14)20-17(24)13(2)26-18-21-19-11-22(18)10-16-4-3-9-25-16/h3-9,11,13H,10H2,1-2H3,(H,20,24). The largest absolute Gasteiger partial charge is 0.467 e. The van der Waals surface area contributed by atoms with Gasteiger partial charge in [-0.1, -0.05) is 11.8 Å². The Hall–Kier alpha value is -2.87. The zero-order chi connectivity index (χ0) is 18.5. The molecule has 3 aromatic rings. The first-order chi connectivity index (χ1) is 12.5. The number of nitrogens with one attached hydrogen (secondary N) is 1. The number of carbonyl (C=O) groups is 2. The van der Waals surface area contributed by atoms with E-state index in [0.29, 0.717) is 23.0 Å². The molecule has 0 fully saturated rings. The SMILES string of the molecule is CC(=O)c1ccc(NC(=O)C(C)Sc2nncn2Cc2ccco2)cc1. The molecule has 1 aromatic carbocycles. The Morgan fingerprint density at radius 1 is 1.27 bits per heavy atom. The van der Waals surface area contributed by atoms with E-state index >= 15 is 0 Å². The molecule has 134 valence electrons. The van der Waals surface area contributed by atoms with Gasteiger partial charge in [-0.25, -0.2) is 0 Å². The van der Waals surface area contributed by atoms with Crippen molar-refractivity contribution in [2.75, 3.05) is 5.32 Å². The summed E-state index contributed by atoms with van der Waals surface area (Å²) in [4.78, 5) is 23.7. The lowest BCUT2D eigenvalue weighted by Gasteiger charge is -2.12. The molecule has 0 aliphatic heterocycles. The maximum atomic E-state index is 12.4. The van der Waals surface area contributed by atoms with Crippen LogP contribution < -0.4 is 5.32 Å². The number of furan rings is 1. The van der Waals surface area contributed by atoms with Crippen molar-refractivity contribution in [2.24, 2.45) is 0 Å². The molecule has 26 heavy (non-hydrogen) atoms. The number of benzene rings is 1. The summed E-state index contributed by atoms with van der Waals surface area (Å²) in [6, 6.07) is 10.5. The van der Waals surface area contributed by atoms with Gasteiger partial charge in [0.05, 0.1) is 18.1 Å². The molecule has 2 heterocycles. The molecule has 3 rings (SSSR count). The molecule has 0 radical (unpaired) electrons.